The summed E-state index contributed by atoms with van der Waals surface area (Å²) >= 11 is 0. The van der Waals surface area contributed by atoms with Gasteiger partial charge < -0.3 is 0 Å². The third-order valence-corrected chi connectivity index (χ3v) is 3.70. The van der Waals surface area contributed by atoms with E-state index in [1.54, 1.807) is 13.0 Å². The molecule has 0 bridgehead atoms. The summed E-state index contributed by atoms with van der Waals surface area (Å²) in [5.41, 5.74) is 0.973. The van der Waals surface area contributed by atoms with Crippen LogP contribution in [0.25, 0.3) is 10.9 Å². The maximum Gasteiger partial charge on any atom is 0.281 e. The molecule has 1 saturated heterocycles. The molecule has 3 rings (SSSR count). The maximum atomic E-state index is 12.7. The van der Waals surface area contributed by atoms with Crippen LogP contribution >= 0.6 is 0 Å². The summed E-state index contributed by atoms with van der Waals surface area (Å²) in [5, 5.41) is 1.38. The molecule has 2 heterocycles. The molecule has 0 spiro atoms. The summed E-state index contributed by atoms with van der Waals surface area (Å²) in [4.78, 5) is 41.2. The Bertz CT molecular complexity index is 807. The van der Waals surface area contributed by atoms with Crippen molar-refractivity contribution >= 4 is 22.7 Å². The summed E-state index contributed by atoms with van der Waals surface area (Å²) in [7, 11) is 0. The van der Waals surface area contributed by atoms with Gasteiger partial charge in [0.2, 0.25) is 11.8 Å². The molecule has 1 aromatic carbocycles. The molecule has 6 heteroatoms. The largest absolute Gasteiger partial charge is 0.281 e. The Hall–Kier alpha value is -2.50. The van der Waals surface area contributed by atoms with Gasteiger partial charge in [-0.25, -0.2) is 4.98 Å². The van der Waals surface area contributed by atoms with Crippen molar-refractivity contribution in [3.05, 3.63) is 39.9 Å². The van der Waals surface area contributed by atoms with Gasteiger partial charge in [0.15, 0.2) is 0 Å². The molecule has 0 atom stereocenters. The van der Waals surface area contributed by atoms with Crippen LogP contribution in [-0.2, 0) is 9.59 Å². The van der Waals surface area contributed by atoms with Crippen molar-refractivity contribution in [3.63, 3.8) is 0 Å². The SMILES string of the molecule is Cc1cccc2nc(C)n(N3C(=O)CCCC3=O)c(=O)c12. The molecular formula is C15H15N3O3. The normalized spacial score (nSPS) is 15.8. The van der Waals surface area contributed by atoms with Crippen molar-refractivity contribution in [1.29, 1.82) is 0 Å². The third-order valence-electron chi connectivity index (χ3n) is 3.70. The van der Waals surface area contributed by atoms with Crippen molar-refractivity contribution in [2.75, 3.05) is 5.01 Å². The molecule has 0 saturated carbocycles. The first-order valence-corrected chi connectivity index (χ1v) is 6.86. The molecule has 6 nitrogen and oxygen atoms in total. The van der Waals surface area contributed by atoms with Crippen LogP contribution in [-0.4, -0.2) is 21.5 Å². The zero-order chi connectivity index (χ0) is 15.1. The highest BCUT2D eigenvalue weighted by molar-refractivity contribution is 6.10. The Labute approximate surface area is 121 Å². The molecule has 0 unspecified atom stereocenters. The fourth-order valence-electron chi connectivity index (χ4n) is 2.70. The van der Waals surface area contributed by atoms with Crippen molar-refractivity contribution in [2.24, 2.45) is 0 Å². The molecule has 0 radical (unpaired) electrons. The Kier molecular flexibility index (Phi) is 3.08. The van der Waals surface area contributed by atoms with Crippen LogP contribution in [0.2, 0.25) is 0 Å². The van der Waals surface area contributed by atoms with Gasteiger partial charge in [-0.1, -0.05) is 12.1 Å². The predicted octanol–water partition coefficient (Wildman–Crippen LogP) is 1.19. The lowest BCUT2D eigenvalue weighted by molar-refractivity contribution is -0.131. The number of carbonyl (C=O) groups is 2. The second-order valence-electron chi connectivity index (χ2n) is 5.20. The minimum absolute atomic E-state index is 0.267. The van der Waals surface area contributed by atoms with Crippen molar-refractivity contribution in [3.8, 4) is 0 Å². The minimum atomic E-state index is -0.376. The Balaban J connectivity index is 2.33. The van der Waals surface area contributed by atoms with Gasteiger partial charge in [-0.2, -0.15) is 9.69 Å². The lowest BCUT2D eigenvalue weighted by Gasteiger charge is -2.27. The lowest BCUT2D eigenvalue weighted by Crippen LogP contribution is -2.53. The second-order valence-corrected chi connectivity index (χ2v) is 5.20. The van der Waals surface area contributed by atoms with E-state index in [1.165, 1.54) is 0 Å². The van der Waals surface area contributed by atoms with Gasteiger partial charge in [-0.3, -0.25) is 14.4 Å². The van der Waals surface area contributed by atoms with Crippen LogP contribution in [0.1, 0.15) is 30.7 Å². The first-order chi connectivity index (χ1) is 10.0. The predicted molar refractivity (Wildman–Crippen MR) is 77.6 cm³/mol. The van der Waals surface area contributed by atoms with E-state index in [2.05, 4.69) is 4.98 Å². The summed E-state index contributed by atoms with van der Waals surface area (Å²) in [6, 6.07) is 5.39. The van der Waals surface area contributed by atoms with Crippen LogP contribution in [0, 0.1) is 13.8 Å². The molecule has 0 N–H and O–H groups in total. The second kappa shape index (κ2) is 4.80. The Morgan fingerprint density at radius 1 is 1.05 bits per heavy atom. The Morgan fingerprint density at radius 2 is 1.71 bits per heavy atom. The van der Waals surface area contributed by atoms with Crippen LogP contribution in [0.3, 0.4) is 0 Å². The average molecular weight is 285 g/mol. The number of hydrogen-bond donors (Lipinski definition) is 0. The highest BCUT2D eigenvalue weighted by Gasteiger charge is 2.30. The van der Waals surface area contributed by atoms with E-state index >= 15 is 0 Å². The van der Waals surface area contributed by atoms with E-state index in [4.69, 9.17) is 0 Å². The van der Waals surface area contributed by atoms with Gasteiger partial charge in [0.1, 0.15) is 5.82 Å². The fourth-order valence-corrected chi connectivity index (χ4v) is 2.70. The minimum Gasteiger partial charge on any atom is -0.273 e. The van der Waals surface area contributed by atoms with E-state index in [0.717, 1.165) is 15.2 Å². The van der Waals surface area contributed by atoms with Crippen LogP contribution in [0.5, 0.6) is 0 Å². The number of hydrogen-bond acceptors (Lipinski definition) is 4. The van der Waals surface area contributed by atoms with Crippen molar-refractivity contribution in [1.82, 2.24) is 9.66 Å². The number of imide groups is 1. The molecule has 1 aliphatic heterocycles. The van der Waals surface area contributed by atoms with Crippen molar-refractivity contribution in [2.45, 2.75) is 33.1 Å². The smallest absolute Gasteiger partial charge is 0.273 e. The number of rotatable bonds is 1. The fraction of sp³-hybridized carbons (Fsp3) is 0.333. The van der Waals surface area contributed by atoms with E-state index in [-0.39, 0.29) is 30.2 Å². The zero-order valence-electron chi connectivity index (χ0n) is 11.9. The summed E-state index contributed by atoms with van der Waals surface area (Å²) in [6.45, 7) is 3.43. The number of benzene rings is 1. The molecule has 2 aromatic rings. The van der Waals surface area contributed by atoms with Gasteiger partial charge in [0.25, 0.3) is 5.56 Å². The number of nitrogens with zero attached hydrogens (tertiary/aromatic N) is 3. The first-order valence-electron chi connectivity index (χ1n) is 6.86. The molecule has 108 valence electrons. The number of piperidine rings is 1. The first kappa shape index (κ1) is 13.5. The molecule has 1 aliphatic rings. The topological polar surface area (TPSA) is 72.3 Å². The zero-order valence-corrected chi connectivity index (χ0v) is 11.9. The van der Waals surface area contributed by atoms with E-state index in [9.17, 15) is 14.4 Å². The molecule has 1 aromatic heterocycles. The molecule has 21 heavy (non-hydrogen) atoms. The van der Waals surface area contributed by atoms with Gasteiger partial charge in [-0.15, -0.1) is 0 Å². The van der Waals surface area contributed by atoms with Crippen LogP contribution in [0.4, 0.5) is 0 Å². The molecule has 2 amide bonds. The Morgan fingerprint density at radius 3 is 2.38 bits per heavy atom. The highest BCUT2D eigenvalue weighted by atomic mass is 16.2. The number of aromatic nitrogens is 2. The van der Waals surface area contributed by atoms with E-state index < -0.39 is 0 Å². The van der Waals surface area contributed by atoms with E-state index in [0.29, 0.717) is 23.1 Å². The average Bonchev–Trinajstić information content (AvgIpc) is 2.41. The van der Waals surface area contributed by atoms with Gasteiger partial charge >= 0.3 is 0 Å². The molecular weight excluding hydrogens is 270 g/mol. The molecule has 1 fully saturated rings. The number of fused-ring (bicyclic) bond motifs is 1. The van der Waals surface area contributed by atoms with Crippen LogP contribution in [0.15, 0.2) is 23.0 Å². The third kappa shape index (κ3) is 2.03. The van der Waals surface area contributed by atoms with Crippen molar-refractivity contribution < 1.29 is 9.59 Å². The van der Waals surface area contributed by atoms with E-state index in [1.807, 2.05) is 19.1 Å². The summed E-state index contributed by atoms with van der Waals surface area (Å²) in [5.74, 6) is -0.376. The van der Waals surface area contributed by atoms with Gasteiger partial charge in [0.05, 0.1) is 10.9 Å². The lowest BCUT2D eigenvalue weighted by atomic mass is 10.1. The number of amides is 2. The summed E-state index contributed by atoms with van der Waals surface area (Å²) in [6.07, 6.45) is 1.06. The number of aryl methyl sites for hydroxylation is 2. The number of carbonyl (C=O) groups excluding carboxylic acids is 2. The monoisotopic (exact) mass is 285 g/mol. The molecule has 0 aliphatic carbocycles. The summed E-state index contributed by atoms with van der Waals surface area (Å²) < 4.78 is 1.11. The van der Waals surface area contributed by atoms with Gasteiger partial charge in [-0.05, 0) is 31.9 Å². The van der Waals surface area contributed by atoms with Gasteiger partial charge in [0, 0.05) is 12.8 Å². The van der Waals surface area contributed by atoms with Crippen LogP contribution < -0.4 is 10.6 Å². The maximum absolute atomic E-state index is 12.7. The highest BCUT2D eigenvalue weighted by Crippen LogP contribution is 2.15. The quantitative estimate of drug-likeness (QED) is 0.738. The standard InChI is InChI=1S/C15H15N3O3/c1-9-5-3-6-11-14(9)15(21)17(10(2)16-11)18-12(19)7-4-8-13(18)20/h3,5-6H,4,7-8H2,1-2H3.